The summed E-state index contributed by atoms with van der Waals surface area (Å²) in [6.07, 6.45) is 2.55. The van der Waals surface area contributed by atoms with Crippen molar-refractivity contribution in [3.63, 3.8) is 0 Å². The van der Waals surface area contributed by atoms with E-state index in [-0.39, 0.29) is 17.7 Å². The minimum atomic E-state index is -3.08. The molecule has 0 spiro atoms. The number of rotatable bonds is 5. The summed E-state index contributed by atoms with van der Waals surface area (Å²) in [5.74, 6) is 0.269. The minimum absolute atomic E-state index is 0.0383. The monoisotopic (exact) mass is 308 g/mol. The number of nitrogens with one attached hydrogen (secondary N) is 2. The second kappa shape index (κ2) is 6.04. The van der Waals surface area contributed by atoms with Crippen LogP contribution in [0.15, 0.2) is 30.6 Å². The molecule has 0 fully saturated rings. The second-order valence-electron chi connectivity index (χ2n) is 4.83. The Labute approximate surface area is 122 Å². The van der Waals surface area contributed by atoms with E-state index >= 15 is 0 Å². The third-order valence-corrected chi connectivity index (χ3v) is 3.69. The Morgan fingerprint density at radius 3 is 2.52 bits per heavy atom. The summed E-state index contributed by atoms with van der Waals surface area (Å²) < 4.78 is 22.4. The summed E-state index contributed by atoms with van der Waals surface area (Å²) in [4.78, 5) is 16.0. The van der Waals surface area contributed by atoms with E-state index in [1.807, 2.05) is 0 Å². The van der Waals surface area contributed by atoms with Crippen LogP contribution in [0.3, 0.4) is 0 Å². The zero-order valence-corrected chi connectivity index (χ0v) is 12.5. The van der Waals surface area contributed by atoms with Gasteiger partial charge in [0, 0.05) is 11.8 Å². The second-order valence-corrected chi connectivity index (χ2v) is 6.97. The molecule has 1 aromatic carbocycles. The number of carbonyl (C=O) groups excluding carboxylic acids is 1. The molecule has 2 N–H and O–H groups in total. The number of sulfone groups is 1. The predicted octanol–water partition coefficient (Wildman–Crippen LogP) is 0.840. The average molecular weight is 308 g/mol. The number of amides is 1. The van der Waals surface area contributed by atoms with Crippen molar-refractivity contribution in [2.45, 2.75) is 18.7 Å². The maximum atomic E-state index is 12.1. The number of aromatic amines is 1. The standard InChI is InChI=1S/C13H16N4O3S/c1-9(12-14-8-15-17-12)16-13(18)11-5-3-10(4-6-11)7-21(2,19)20/h3-6,8-9H,7H2,1-2H3,(H,16,18)(H,14,15,17). The molecule has 0 saturated carbocycles. The lowest BCUT2D eigenvalue weighted by molar-refractivity contribution is 0.0938. The van der Waals surface area contributed by atoms with Crippen molar-refractivity contribution in [2.24, 2.45) is 0 Å². The molecule has 0 aliphatic carbocycles. The first kappa shape index (κ1) is 15.2. The molecule has 21 heavy (non-hydrogen) atoms. The van der Waals surface area contributed by atoms with Gasteiger partial charge in [-0.2, -0.15) is 5.10 Å². The smallest absolute Gasteiger partial charge is 0.251 e. The molecule has 112 valence electrons. The molecule has 0 radical (unpaired) electrons. The van der Waals surface area contributed by atoms with Gasteiger partial charge in [0.15, 0.2) is 9.84 Å². The third-order valence-electron chi connectivity index (χ3n) is 2.84. The van der Waals surface area contributed by atoms with Crippen LogP contribution in [0.2, 0.25) is 0 Å². The van der Waals surface area contributed by atoms with Crippen LogP contribution in [0.1, 0.15) is 34.7 Å². The molecule has 0 bridgehead atoms. The molecular weight excluding hydrogens is 292 g/mol. The van der Waals surface area contributed by atoms with Crippen molar-refractivity contribution >= 4 is 15.7 Å². The summed E-state index contributed by atoms with van der Waals surface area (Å²) >= 11 is 0. The zero-order valence-electron chi connectivity index (χ0n) is 11.7. The van der Waals surface area contributed by atoms with E-state index in [0.717, 1.165) is 0 Å². The van der Waals surface area contributed by atoms with Gasteiger partial charge < -0.3 is 5.32 Å². The van der Waals surface area contributed by atoms with Crippen LogP contribution < -0.4 is 5.32 Å². The highest BCUT2D eigenvalue weighted by molar-refractivity contribution is 7.89. The van der Waals surface area contributed by atoms with Crippen molar-refractivity contribution in [3.8, 4) is 0 Å². The summed E-state index contributed by atoms with van der Waals surface area (Å²) in [6.45, 7) is 1.79. The van der Waals surface area contributed by atoms with Crippen LogP contribution in [0.5, 0.6) is 0 Å². The molecule has 1 heterocycles. The highest BCUT2D eigenvalue weighted by atomic mass is 32.2. The number of benzene rings is 1. The Bertz CT molecular complexity index is 708. The molecule has 0 aliphatic rings. The van der Waals surface area contributed by atoms with Crippen molar-refractivity contribution in [1.82, 2.24) is 20.5 Å². The van der Waals surface area contributed by atoms with Crippen LogP contribution in [-0.2, 0) is 15.6 Å². The fourth-order valence-electron chi connectivity index (χ4n) is 1.83. The van der Waals surface area contributed by atoms with Crippen molar-refractivity contribution < 1.29 is 13.2 Å². The van der Waals surface area contributed by atoms with Crippen molar-refractivity contribution in [2.75, 3.05) is 6.26 Å². The fourth-order valence-corrected chi connectivity index (χ4v) is 2.62. The van der Waals surface area contributed by atoms with Crippen LogP contribution in [-0.4, -0.2) is 35.8 Å². The number of H-pyrrole nitrogens is 1. The van der Waals surface area contributed by atoms with Gasteiger partial charge in [-0.05, 0) is 24.6 Å². The lowest BCUT2D eigenvalue weighted by Gasteiger charge is -2.11. The highest BCUT2D eigenvalue weighted by Gasteiger charge is 2.13. The van der Waals surface area contributed by atoms with Gasteiger partial charge in [0.1, 0.15) is 12.2 Å². The number of nitrogens with zero attached hydrogens (tertiary/aromatic N) is 2. The van der Waals surface area contributed by atoms with Gasteiger partial charge in [0.2, 0.25) is 0 Å². The van der Waals surface area contributed by atoms with Crippen LogP contribution in [0.25, 0.3) is 0 Å². The van der Waals surface area contributed by atoms with Gasteiger partial charge in [-0.25, -0.2) is 13.4 Å². The van der Waals surface area contributed by atoms with Gasteiger partial charge in [-0.3, -0.25) is 9.89 Å². The lowest BCUT2D eigenvalue weighted by Crippen LogP contribution is -2.27. The SMILES string of the molecule is CC(NC(=O)c1ccc(CS(C)(=O)=O)cc1)c1ncn[nH]1. The Morgan fingerprint density at radius 1 is 1.33 bits per heavy atom. The molecular formula is C13H16N4O3S. The number of hydrogen-bond acceptors (Lipinski definition) is 5. The highest BCUT2D eigenvalue weighted by Crippen LogP contribution is 2.10. The summed E-state index contributed by atoms with van der Waals surface area (Å²) in [7, 11) is -3.08. The van der Waals surface area contributed by atoms with E-state index in [1.165, 1.54) is 12.6 Å². The minimum Gasteiger partial charge on any atom is -0.342 e. The zero-order chi connectivity index (χ0) is 15.5. The molecule has 2 rings (SSSR count). The predicted molar refractivity (Wildman–Crippen MR) is 77.3 cm³/mol. The van der Waals surface area contributed by atoms with Gasteiger partial charge in [-0.15, -0.1) is 0 Å². The maximum absolute atomic E-state index is 12.1. The van der Waals surface area contributed by atoms with E-state index in [9.17, 15) is 13.2 Å². The Balaban J connectivity index is 2.03. The number of carbonyl (C=O) groups is 1. The molecule has 1 unspecified atom stereocenters. The van der Waals surface area contributed by atoms with Crippen molar-refractivity contribution in [1.29, 1.82) is 0 Å². The fraction of sp³-hybridized carbons (Fsp3) is 0.308. The van der Waals surface area contributed by atoms with Crippen LogP contribution in [0.4, 0.5) is 0 Å². The molecule has 1 amide bonds. The summed E-state index contributed by atoms with van der Waals surface area (Å²) in [5.41, 5.74) is 1.11. The van der Waals surface area contributed by atoms with E-state index in [4.69, 9.17) is 0 Å². The van der Waals surface area contributed by atoms with Gasteiger partial charge in [0.05, 0.1) is 11.8 Å². The van der Waals surface area contributed by atoms with E-state index in [2.05, 4.69) is 20.5 Å². The number of hydrogen-bond donors (Lipinski definition) is 2. The lowest BCUT2D eigenvalue weighted by atomic mass is 10.1. The maximum Gasteiger partial charge on any atom is 0.251 e. The van der Waals surface area contributed by atoms with Gasteiger partial charge >= 0.3 is 0 Å². The Kier molecular flexibility index (Phi) is 4.37. The quantitative estimate of drug-likeness (QED) is 0.851. The summed E-state index contributed by atoms with van der Waals surface area (Å²) in [5, 5.41) is 9.19. The number of aromatic nitrogens is 3. The normalized spacial score (nSPS) is 12.9. The molecule has 0 aliphatic heterocycles. The topological polar surface area (TPSA) is 105 Å². The molecule has 8 heteroatoms. The first-order chi connectivity index (χ1) is 9.85. The molecule has 7 nitrogen and oxygen atoms in total. The molecule has 1 aromatic heterocycles. The van der Waals surface area contributed by atoms with Gasteiger partial charge in [-0.1, -0.05) is 12.1 Å². The van der Waals surface area contributed by atoms with E-state index < -0.39 is 9.84 Å². The molecule has 0 saturated heterocycles. The van der Waals surface area contributed by atoms with Gasteiger partial charge in [0.25, 0.3) is 5.91 Å². The molecule has 2 aromatic rings. The average Bonchev–Trinajstić information content (AvgIpc) is 2.91. The Hall–Kier alpha value is -2.22. The largest absolute Gasteiger partial charge is 0.342 e. The first-order valence-corrected chi connectivity index (χ1v) is 8.34. The van der Waals surface area contributed by atoms with Crippen molar-refractivity contribution in [3.05, 3.63) is 47.5 Å². The van der Waals surface area contributed by atoms with Crippen LogP contribution >= 0.6 is 0 Å². The Morgan fingerprint density at radius 2 is 2.00 bits per heavy atom. The third kappa shape index (κ3) is 4.38. The van der Waals surface area contributed by atoms with E-state index in [0.29, 0.717) is 17.0 Å². The van der Waals surface area contributed by atoms with Crippen LogP contribution in [0, 0.1) is 0 Å². The molecule has 1 atom stereocenters. The van der Waals surface area contributed by atoms with E-state index in [1.54, 1.807) is 31.2 Å². The first-order valence-electron chi connectivity index (χ1n) is 6.28. The summed E-state index contributed by atoms with van der Waals surface area (Å²) in [6, 6.07) is 6.17.